The zero-order valence-electron chi connectivity index (χ0n) is 15.8. The van der Waals surface area contributed by atoms with Gasteiger partial charge in [0.2, 0.25) is 0 Å². The Bertz CT molecular complexity index is 874. The quantitative estimate of drug-likeness (QED) is 0.774. The van der Waals surface area contributed by atoms with Crippen molar-refractivity contribution in [2.24, 2.45) is 11.3 Å². The van der Waals surface area contributed by atoms with E-state index in [0.717, 1.165) is 60.5 Å². The Balaban J connectivity index is 1.81. The second kappa shape index (κ2) is 6.93. The number of anilines is 1. The lowest BCUT2D eigenvalue weighted by atomic mass is 9.76. The molecule has 1 aromatic carbocycles. The van der Waals surface area contributed by atoms with Crippen LogP contribution in [-0.2, 0) is 17.7 Å². The van der Waals surface area contributed by atoms with Crippen molar-refractivity contribution in [3.63, 3.8) is 0 Å². The number of aromatic carboxylic acids is 1. The predicted octanol–water partition coefficient (Wildman–Crippen LogP) is 4.10. The summed E-state index contributed by atoms with van der Waals surface area (Å²) in [4.78, 5) is 21.6. The maximum atomic E-state index is 12.2. The topological polar surface area (TPSA) is 75.8 Å². The molecule has 6 heteroatoms. The molecule has 0 radical (unpaired) electrons. The predicted molar refractivity (Wildman–Crippen MR) is 108 cm³/mol. The molecule has 0 bridgehead atoms. The number of carboxylic acid groups (broad SMARTS) is 1. The van der Waals surface area contributed by atoms with Gasteiger partial charge in [-0.15, -0.1) is 11.3 Å². The summed E-state index contributed by atoms with van der Waals surface area (Å²) in [5.41, 5.74) is 3.76. The number of carboxylic acids is 1. The minimum Gasteiger partial charge on any atom is -0.478 e. The number of benzene rings is 1. The van der Waals surface area contributed by atoms with E-state index in [1.165, 1.54) is 4.88 Å². The Labute approximate surface area is 163 Å². The molecule has 1 aromatic heterocycles. The number of fused-ring (bicyclic) bond motifs is 1. The largest absolute Gasteiger partial charge is 0.478 e. The van der Waals surface area contributed by atoms with E-state index in [4.69, 9.17) is 10.7 Å². The number of aryl methyl sites for hydroxylation is 1. The van der Waals surface area contributed by atoms with E-state index in [2.05, 4.69) is 24.8 Å². The molecular formula is C21H26N2O3S. The van der Waals surface area contributed by atoms with Crippen LogP contribution >= 0.6 is 11.3 Å². The Kier molecular flexibility index (Phi) is 4.74. The van der Waals surface area contributed by atoms with Crippen LogP contribution in [0.5, 0.6) is 0 Å². The number of nitrogens with zero attached hydrogens (tertiary/aromatic N) is 1. The number of hydrogen-bond donors (Lipinski definition) is 2. The molecule has 0 saturated carbocycles. The number of para-hydroxylation sites is 1. The van der Waals surface area contributed by atoms with E-state index in [-0.39, 0.29) is 11.5 Å². The number of carbonyl (C=O) groups is 1. The van der Waals surface area contributed by atoms with Crippen molar-refractivity contribution >= 4 is 23.0 Å². The first-order valence-electron chi connectivity index (χ1n) is 9.47. The van der Waals surface area contributed by atoms with Gasteiger partial charge in [-0.2, -0.15) is 0 Å². The van der Waals surface area contributed by atoms with Crippen LogP contribution in [0.3, 0.4) is 0 Å². The van der Waals surface area contributed by atoms with Gasteiger partial charge in [-0.1, -0.05) is 32.0 Å². The molecule has 5 nitrogen and oxygen atoms in total. The van der Waals surface area contributed by atoms with Crippen LogP contribution in [0, 0.1) is 5.41 Å². The summed E-state index contributed by atoms with van der Waals surface area (Å²) in [6.07, 6.45) is 3.79. The third kappa shape index (κ3) is 3.37. The van der Waals surface area contributed by atoms with E-state index < -0.39 is 5.97 Å². The van der Waals surface area contributed by atoms with Crippen LogP contribution in [-0.4, -0.2) is 30.3 Å². The molecule has 1 fully saturated rings. The second-order valence-corrected chi connectivity index (χ2v) is 9.47. The smallest absolute Gasteiger partial charge is 0.337 e. The summed E-state index contributed by atoms with van der Waals surface area (Å²) in [5.74, 6) is 4.56. The van der Waals surface area contributed by atoms with Crippen molar-refractivity contribution in [1.82, 2.24) is 0 Å². The summed E-state index contributed by atoms with van der Waals surface area (Å²) in [6, 6.07) is 8.11. The number of thiophene rings is 1. The van der Waals surface area contributed by atoms with Crippen molar-refractivity contribution in [2.45, 2.75) is 45.6 Å². The molecule has 1 saturated heterocycles. The highest BCUT2D eigenvalue weighted by Crippen LogP contribution is 2.47. The molecule has 2 heterocycles. The molecular weight excluding hydrogens is 360 g/mol. The summed E-state index contributed by atoms with van der Waals surface area (Å²) in [7, 11) is 0. The average molecular weight is 387 g/mol. The maximum Gasteiger partial charge on any atom is 0.337 e. The molecule has 0 spiro atoms. The van der Waals surface area contributed by atoms with Crippen molar-refractivity contribution in [3.05, 3.63) is 40.3 Å². The van der Waals surface area contributed by atoms with E-state index in [0.29, 0.717) is 5.56 Å². The molecule has 0 unspecified atom stereocenters. The molecule has 2 aromatic rings. The highest BCUT2D eigenvalue weighted by atomic mass is 32.1. The van der Waals surface area contributed by atoms with E-state index in [9.17, 15) is 9.90 Å². The van der Waals surface area contributed by atoms with E-state index in [1.807, 2.05) is 18.2 Å². The first kappa shape index (κ1) is 18.5. The average Bonchev–Trinajstić information content (AvgIpc) is 3.25. The molecule has 144 valence electrons. The van der Waals surface area contributed by atoms with Gasteiger partial charge in [0, 0.05) is 29.2 Å². The standard InChI is InChI=1S/C21H26N2O3S/c1-21(2)9-7-17-15(11-21)18(20(24)25)19(27-17)14-5-3-4-6-16(14)23-10-8-13(12-23)26-22/h3-6,13H,7-12,22H2,1-2H3,(H,24,25)/t13-/m0/s1. The molecule has 1 atom stereocenters. The number of nitrogens with two attached hydrogens (primary N) is 1. The van der Waals surface area contributed by atoms with Gasteiger partial charge in [-0.05, 0) is 42.7 Å². The third-order valence-electron chi connectivity index (χ3n) is 5.82. The Morgan fingerprint density at radius 3 is 2.85 bits per heavy atom. The zero-order valence-corrected chi connectivity index (χ0v) is 16.6. The first-order valence-corrected chi connectivity index (χ1v) is 10.3. The summed E-state index contributed by atoms with van der Waals surface area (Å²) < 4.78 is 0. The lowest BCUT2D eigenvalue weighted by Gasteiger charge is -2.29. The molecule has 2 aliphatic rings. The van der Waals surface area contributed by atoms with Crippen molar-refractivity contribution < 1.29 is 14.7 Å². The summed E-state index contributed by atoms with van der Waals surface area (Å²) in [5, 5.41) is 10.0. The molecule has 0 amide bonds. The van der Waals surface area contributed by atoms with Gasteiger partial charge >= 0.3 is 5.97 Å². The van der Waals surface area contributed by atoms with Crippen LogP contribution < -0.4 is 10.8 Å². The third-order valence-corrected chi connectivity index (χ3v) is 7.14. The SMILES string of the molecule is CC1(C)CCc2sc(-c3ccccc3N3CC[C@H](ON)C3)c(C(=O)O)c2C1. The molecule has 1 aliphatic heterocycles. The van der Waals surface area contributed by atoms with Crippen molar-refractivity contribution in [2.75, 3.05) is 18.0 Å². The van der Waals surface area contributed by atoms with Crippen LogP contribution in [0.4, 0.5) is 5.69 Å². The maximum absolute atomic E-state index is 12.2. The molecule has 4 rings (SSSR count). The Morgan fingerprint density at radius 1 is 1.37 bits per heavy atom. The fourth-order valence-electron chi connectivity index (χ4n) is 4.34. The van der Waals surface area contributed by atoms with E-state index >= 15 is 0 Å². The van der Waals surface area contributed by atoms with Gasteiger partial charge in [-0.25, -0.2) is 10.7 Å². The Morgan fingerprint density at radius 2 is 2.15 bits per heavy atom. The minimum absolute atomic E-state index is 0.0225. The minimum atomic E-state index is -0.820. The summed E-state index contributed by atoms with van der Waals surface area (Å²) in [6.45, 7) is 6.04. The fourth-order valence-corrected chi connectivity index (χ4v) is 5.68. The van der Waals surface area contributed by atoms with Gasteiger partial charge < -0.3 is 10.0 Å². The van der Waals surface area contributed by atoms with Crippen molar-refractivity contribution in [1.29, 1.82) is 0 Å². The van der Waals surface area contributed by atoms with Crippen LogP contribution in [0.1, 0.15) is 47.5 Å². The van der Waals surface area contributed by atoms with Crippen LogP contribution in [0.15, 0.2) is 24.3 Å². The molecule has 3 N–H and O–H groups in total. The van der Waals surface area contributed by atoms with Crippen LogP contribution in [0.25, 0.3) is 10.4 Å². The highest BCUT2D eigenvalue weighted by Gasteiger charge is 2.34. The van der Waals surface area contributed by atoms with E-state index in [1.54, 1.807) is 11.3 Å². The number of rotatable bonds is 4. The first-order chi connectivity index (χ1) is 12.9. The molecule has 27 heavy (non-hydrogen) atoms. The Hall–Kier alpha value is -1.89. The van der Waals surface area contributed by atoms with Crippen LogP contribution in [0.2, 0.25) is 0 Å². The van der Waals surface area contributed by atoms with Crippen molar-refractivity contribution in [3.8, 4) is 10.4 Å². The summed E-state index contributed by atoms with van der Waals surface area (Å²) >= 11 is 1.66. The van der Waals surface area contributed by atoms with Gasteiger partial charge in [0.15, 0.2) is 0 Å². The zero-order chi connectivity index (χ0) is 19.2. The lowest BCUT2D eigenvalue weighted by molar-refractivity contribution is 0.0688. The van der Waals surface area contributed by atoms with Gasteiger partial charge in [0.25, 0.3) is 0 Å². The normalized spacial score (nSPS) is 21.3. The lowest BCUT2D eigenvalue weighted by Crippen LogP contribution is -2.25. The highest BCUT2D eigenvalue weighted by molar-refractivity contribution is 7.16. The monoisotopic (exact) mass is 386 g/mol. The fraction of sp³-hybridized carbons (Fsp3) is 0.476. The molecule has 1 aliphatic carbocycles. The van der Waals surface area contributed by atoms with Gasteiger partial charge in [0.05, 0.1) is 16.5 Å². The van der Waals surface area contributed by atoms with Gasteiger partial charge in [0.1, 0.15) is 0 Å². The second-order valence-electron chi connectivity index (χ2n) is 8.36. The number of hydrogen-bond acceptors (Lipinski definition) is 5. The van der Waals surface area contributed by atoms with Gasteiger partial charge in [-0.3, -0.25) is 4.84 Å².